The number of carboxylic acids is 2. The molecule has 140 valence electrons. The van der Waals surface area contributed by atoms with E-state index in [2.05, 4.69) is 5.32 Å². The lowest BCUT2D eigenvalue weighted by molar-refractivity contribution is 0.00578. The summed E-state index contributed by atoms with van der Waals surface area (Å²) < 4.78 is 12.1. The third-order valence-corrected chi connectivity index (χ3v) is 4.81. The maximum absolute atomic E-state index is 11.6. The lowest BCUT2D eigenvalue weighted by atomic mass is 9.76. The van der Waals surface area contributed by atoms with Crippen LogP contribution in [0.15, 0.2) is 23.7 Å². The van der Waals surface area contributed by atoms with E-state index in [1.54, 1.807) is 13.1 Å². The lowest BCUT2D eigenvalue weighted by Gasteiger charge is -2.32. The van der Waals surface area contributed by atoms with Crippen LogP contribution in [0.4, 0.5) is 0 Å². The highest BCUT2D eigenvalue weighted by molar-refractivity contribution is 6.56. The van der Waals surface area contributed by atoms with Gasteiger partial charge in [0.1, 0.15) is 0 Å². The predicted molar refractivity (Wildman–Crippen MR) is 98.3 cm³/mol. The zero-order valence-electron chi connectivity index (χ0n) is 15.6. The first kappa shape index (κ1) is 20.2. The number of carbonyl (C=O) groups is 2. The van der Waals surface area contributed by atoms with Crippen molar-refractivity contribution in [3.8, 4) is 0 Å². The Bertz CT molecular complexity index is 740. The normalized spacial score (nSPS) is 18.8. The van der Waals surface area contributed by atoms with Gasteiger partial charge in [-0.25, -0.2) is 9.59 Å². The molecule has 0 atom stereocenters. The quantitative estimate of drug-likeness (QED) is 0.668. The molecule has 0 aromatic heterocycles. The third-order valence-electron chi connectivity index (χ3n) is 4.81. The van der Waals surface area contributed by atoms with Gasteiger partial charge < -0.3 is 24.8 Å². The van der Waals surface area contributed by atoms with E-state index in [0.29, 0.717) is 12.1 Å². The van der Waals surface area contributed by atoms with E-state index in [0.717, 1.165) is 11.5 Å². The minimum absolute atomic E-state index is 0.0784. The van der Waals surface area contributed by atoms with Crippen molar-refractivity contribution in [1.29, 1.82) is 0 Å². The van der Waals surface area contributed by atoms with Crippen molar-refractivity contribution in [1.82, 2.24) is 5.32 Å². The Balaban J connectivity index is 2.47. The fourth-order valence-electron chi connectivity index (χ4n) is 2.60. The molecule has 26 heavy (non-hydrogen) atoms. The van der Waals surface area contributed by atoms with Crippen LogP contribution in [0.2, 0.25) is 0 Å². The van der Waals surface area contributed by atoms with Crippen molar-refractivity contribution in [2.45, 2.75) is 38.9 Å². The van der Waals surface area contributed by atoms with E-state index in [4.69, 9.17) is 14.4 Å². The number of hydrogen-bond donors (Lipinski definition) is 3. The van der Waals surface area contributed by atoms with Gasteiger partial charge in [-0.1, -0.05) is 12.1 Å². The minimum atomic E-state index is -1.20. The van der Waals surface area contributed by atoms with E-state index in [9.17, 15) is 14.7 Å². The fourth-order valence-corrected chi connectivity index (χ4v) is 2.60. The molecule has 2 rings (SSSR count). The SMILES string of the molecule is CNCC(=Cc1ccc(C(=O)O)cc1C(=O)O)B1OC(C)(C)C(C)(C)O1. The van der Waals surface area contributed by atoms with E-state index in [1.165, 1.54) is 12.1 Å². The third kappa shape index (κ3) is 3.98. The van der Waals surface area contributed by atoms with Crippen molar-refractivity contribution in [3.05, 3.63) is 40.4 Å². The van der Waals surface area contributed by atoms with Crippen LogP contribution in [0.1, 0.15) is 54.0 Å². The number of aromatic carboxylic acids is 2. The van der Waals surface area contributed by atoms with Gasteiger partial charge in [0.05, 0.1) is 22.3 Å². The second-order valence-electron chi connectivity index (χ2n) is 7.25. The van der Waals surface area contributed by atoms with Crippen LogP contribution in [0.25, 0.3) is 6.08 Å². The Labute approximate surface area is 153 Å². The molecular weight excluding hydrogens is 337 g/mol. The van der Waals surface area contributed by atoms with E-state index < -0.39 is 30.3 Å². The molecule has 0 bridgehead atoms. The highest BCUT2D eigenvalue weighted by atomic mass is 16.7. The molecule has 1 saturated heterocycles. The van der Waals surface area contributed by atoms with Crippen molar-refractivity contribution in [2.24, 2.45) is 0 Å². The number of hydrogen-bond acceptors (Lipinski definition) is 5. The average Bonchev–Trinajstić information content (AvgIpc) is 2.74. The topological polar surface area (TPSA) is 105 Å². The summed E-state index contributed by atoms with van der Waals surface area (Å²) in [6.07, 6.45) is 1.67. The molecule has 8 heteroatoms. The second-order valence-corrected chi connectivity index (χ2v) is 7.25. The van der Waals surface area contributed by atoms with Gasteiger partial charge in [-0.3, -0.25) is 0 Å². The Morgan fingerprint density at radius 1 is 1.12 bits per heavy atom. The molecule has 1 fully saturated rings. The molecule has 7 nitrogen and oxygen atoms in total. The highest BCUT2D eigenvalue weighted by Crippen LogP contribution is 2.38. The van der Waals surface area contributed by atoms with Crippen LogP contribution in [0.3, 0.4) is 0 Å². The standard InChI is InChI=1S/C18H24BNO6/c1-17(2)18(3,4)26-19(25-17)13(10-20-5)8-11-6-7-12(15(21)22)9-14(11)16(23)24/h6-9,20H,10H2,1-5H3,(H,21,22)(H,23,24). The summed E-state index contributed by atoms with van der Waals surface area (Å²) in [5.41, 5.74) is -0.0971. The van der Waals surface area contributed by atoms with Crippen molar-refractivity contribution >= 4 is 25.1 Å². The second kappa shape index (κ2) is 7.22. The summed E-state index contributed by atoms with van der Waals surface area (Å²) in [6, 6.07) is 4.01. The summed E-state index contributed by atoms with van der Waals surface area (Å²) in [7, 11) is 1.14. The van der Waals surface area contributed by atoms with Gasteiger partial charge in [-0.2, -0.15) is 0 Å². The number of nitrogens with one attached hydrogen (secondary N) is 1. The minimum Gasteiger partial charge on any atom is -0.478 e. The molecule has 0 spiro atoms. The maximum atomic E-state index is 11.6. The molecule has 1 aliphatic heterocycles. The van der Waals surface area contributed by atoms with E-state index in [-0.39, 0.29) is 11.1 Å². The van der Waals surface area contributed by atoms with Crippen LogP contribution in [0, 0.1) is 0 Å². The van der Waals surface area contributed by atoms with Gasteiger partial charge in [-0.05, 0) is 57.9 Å². The highest BCUT2D eigenvalue weighted by Gasteiger charge is 2.52. The van der Waals surface area contributed by atoms with Gasteiger partial charge >= 0.3 is 19.1 Å². The van der Waals surface area contributed by atoms with Crippen LogP contribution >= 0.6 is 0 Å². The van der Waals surface area contributed by atoms with Gasteiger partial charge in [-0.15, -0.1) is 0 Å². The summed E-state index contributed by atoms with van der Waals surface area (Å²) >= 11 is 0. The first-order chi connectivity index (χ1) is 12.0. The number of rotatable bonds is 6. The smallest absolute Gasteiger partial charge is 0.478 e. The summed E-state index contributed by atoms with van der Waals surface area (Å²) in [4.78, 5) is 22.7. The first-order valence-electron chi connectivity index (χ1n) is 8.30. The van der Waals surface area contributed by atoms with Crippen molar-refractivity contribution < 1.29 is 29.1 Å². The van der Waals surface area contributed by atoms with Gasteiger partial charge in [0.25, 0.3) is 0 Å². The van der Waals surface area contributed by atoms with Crippen molar-refractivity contribution in [3.63, 3.8) is 0 Å². The zero-order chi connectivity index (χ0) is 19.7. The van der Waals surface area contributed by atoms with E-state index in [1.807, 2.05) is 27.7 Å². The fraction of sp³-hybridized carbons (Fsp3) is 0.444. The summed E-state index contributed by atoms with van der Waals surface area (Å²) in [6.45, 7) is 8.18. The molecule has 0 saturated carbocycles. The van der Waals surface area contributed by atoms with Gasteiger partial charge in [0.2, 0.25) is 0 Å². The predicted octanol–water partition coefficient (Wildman–Crippen LogP) is 2.32. The number of carboxylic acid groups (broad SMARTS) is 2. The van der Waals surface area contributed by atoms with Crippen LogP contribution in [-0.4, -0.2) is 54.1 Å². The Morgan fingerprint density at radius 3 is 2.15 bits per heavy atom. The number of likely N-dealkylation sites (N-methyl/N-ethyl adjacent to an activating group) is 1. The Hall–Kier alpha value is -2.16. The Morgan fingerprint density at radius 2 is 1.69 bits per heavy atom. The largest absolute Gasteiger partial charge is 0.491 e. The molecule has 0 unspecified atom stereocenters. The lowest BCUT2D eigenvalue weighted by Crippen LogP contribution is -2.41. The van der Waals surface area contributed by atoms with E-state index >= 15 is 0 Å². The maximum Gasteiger partial charge on any atom is 0.491 e. The monoisotopic (exact) mass is 361 g/mol. The van der Waals surface area contributed by atoms with Gasteiger partial charge in [0, 0.05) is 6.54 Å². The molecule has 0 aliphatic carbocycles. The summed E-state index contributed by atoms with van der Waals surface area (Å²) in [5, 5.41) is 21.6. The van der Waals surface area contributed by atoms with Crippen LogP contribution in [0.5, 0.6) is 0 Å². The molecular formula is C18H24BNO6. The number of benzene rings is 1. The average molecular weight is 361 g/mol. The van der Waals surface area contributed by atoms with Crippen LogP contribution in [-0.2, 0) is 9.31 Å². The summed E-state index contributed by atoms with van der Waals surface area (Å²) in [5.74, 6) is -2.37. The molecule has 1 aliphatic rings. The molecule has 3 N–H and O–H groups in total. The molecule has 1 heterocycles. The molecule has 0 amide bonds. The van der Waals surface area contributed by atoms with Gasteiger partial charge in [0.15, 0.2) is 0 Å². The van der Waals surface area contributed by atoms with Crippen molar-refractivity contribution in [2.75, 3.05) is 13.6 Å². The first-order valence-corrected chi connectivity index (χ1v) is 8.30. The molecule has 1 aromatic carbocycles. The zero-order valence-corrected chi connectivity index (χ0v) is 15.6. The Kier molecular flexibility index (Phi) is 5.60. The van der Waals surface area contributed by atoms with Crippen LogP contribution < -0.4 is 5.32 Å². The molecule has 0 radical (unpaired) electrons. The molecule has 1 aromatic rings.